The molecule has 1 N–H and O–H groups in total. The lowest BCUT2D eigenvalue weighted by Crippen LogP contribution is -2.19. The summed E-state index contributed by atoms with van der Waals surface area (Å²) in [4.78, 5) is 0. The predicted octanol–water partition coefficient (Wildman–Crippen LogP) is 3.14. The lowest BCUT2D eigenvalue weighted by Gasteiger charge is -2.22. The summed E-state index contributed by atoms with van der Waals surface area (Å²) in [6.07, 6.45) is 10.9. The van der Waals surface area contributed by atoms with E-state index in [9.17, 15) is 5.11 Å². The van der Waals surface area contributed by atoms with E-state index in [1.165, 1.54) is 0 Å². The van der Waals surface area contributed by atoms with Gasteiger partial charge in [0.25, 0.3) is 0 Å². The highest BCUT2D eigenvalue weighted by atomic mass is 16.5. The van der Waals surface area contributed by atoms with Gasteiger partial charge in [-0.1, -0.05) is 54.6 Å². The molecule has 0 aromatic heterocycles. The topological polar surface area (TPSA) is 29.5 Å². The number of hydrogen-bond donors (Lipinski definition) is 1. The number of ether oxygens (including phenoxy) is 1. The highest BCUT2D eigenvalue weighted by Crippen LogP contribution is 2.24. The molecule has 0 saturated heterocycles. The third-order valence-electron chi connectivity index (χ3n) is 2.63. The predicted molar refractivity (Wildman–Crippen MR) is 68.3 cm³/mol. The van der Waals surface area contributed by atoms with Crippen LogP contribution in [0.4, 0.5) is 0 Å². The molecule has 2 rings (SSSR count). The van der Waals surface area contributed by atoms with Crippen molar-refractivity contribution in [2.75, 3.05) is 0 Å². The molecule has 0 fully saturated rings. The Morgan fingerprint density at radius 3 is 2.59 bits per heavy atom. The summed E-state index contributed by atoms with van der Waals surface area (Å²) < 4.78 is 5.60. The van der Waals surface area contributed by atoms with Crippen LogP contribution in [-0.4, -0.2) is 11.2 Å². The average Bonchev–Trinajstić information content (AvgIpc) is 2.38. The van der Waals surface area contributed by atoms with Crippen LogP contribution in [0.2, 0.25) is 0 Å². The molecule has 2 unspecified atom stereocenters. The normalized spacial score (nSPS) is 29.9. The van der Waals surface area contributed by atoms with Gasteiger partial charge in [0.05, 0.1) is 12.4 Å². The molecular weight excluding hydrogens is 212 g/mol. The maximum absolute atomic E-state index is 10.1. The van der Waals surface area contributed by atoms with Gasteiger partial charge in [0, 0.05) is 0 Å². The average molecular weight is 228 g/mol. The van der Waals surface area contributed by atoms with Crippen LogP contribution in [0.15, 0.2) is 67.0 Å². The molecule has 1 aliphatic heterocycles. The van der Waals surface area contributed by atoms with E-state index in [4.69, 9.17) is 4.74 Å². The van der Waals surface area contributed by atoms with Crippen LogP contribution in [0.1, 0.15) is 18.1 Å². The van der Waals surface area contributed by atoms with Crippen molar-refractivity contribution in [2.45, 2.75) is 18.6 Å². The van der Waals surface area contributed by atoms with Crippen LogP contribution >= 0.6 is 0 Å². The molecule has 2 atom stereocenters. The van der Waals surface area contributed by atoms with Gasteiger partial charge < -0.3 is 9.84 Å². The molecule has 88 valence electrons. The Labute approximate surface area is 102 Å². The molecule has 0 amide bonds. The van der Waals surface area contributed by atoms with Crippen molar-refractivity contribution in [3.05, 3.63) is 72.5 Å². The molecule has 0 saturated carbocycles. The first-order valence-corrected chi connectivity index (χ1v) is 5.75. The monoisotopic (exact) mass is 228 g/mol. The fourth-order valence-electron chi connectivity index (χ4n) is 1.76. The van der Waals surface area contributed by atoms with Crippen LogP contribution in [0.25, 0.3) is 0 Å². The number of allylic oxidation sites excluding steroid dienone is 4. The first-order chi connectivity index (χ1) is 8.38. The van der Waals surface area contributed by atoms with E-state index in [0.717, 1.165) is 5.56 Å². The smallest absolute Gasteiger partial charge is 0.149 e. The van der Waals surface area contributed by atoms with Gasteiger partial charge in [-0.25, -0.2) is 0 Å². The second-order valence-corrected chi connectivity index (χ2v) is 3.91. The zero-order valence-corrected chi connectivity index (χ0v) is 9.57. The van der Waals surface area contributed by atoms with Crippen molar-refractivity contribution in [1.82, 2.24) is 0 Å². The Morgan fingerprint density at radius 1 is 1.00 bits per heavy atom. The number of hydrogen-bond acceptors (Lipinski definition) is 2. The van der Waals surface area contributed by atoms with Gasteiger partial charge >= 0.3 is 0 Å². The third kappa shape index (κ3) is 3.33. The Balaban J connectivity index is 2.21. The van der Waals surface area contributed by atoms with Crippen molar-refractivity contribution < 1.29 is 9.84 Å². The molecule has 0 bridgehead atoms. The maximum atomic E-state index is 10.1. The summed E-state index contributed by atoms with van der Waals surface area (Å²) in [6, 6.07) is 9.78. The Morgan fingerprint density at radius 2 is 1.76 bits per heavy atom. The fourth-order valence-corrected chi connectivity index (χ4v) is 1.76. The Hall–Kier alpha value is -1.80. The van der Waals surface area contributed by atoms with E-state index in [0.29, 0.717) is 6.42 Å². The zero-order valence-electron chi connectivity index (χ0n) is 9.57. The molecule has 1 aromatic rings. The van der Waals surface area contributed by atoms with E-state index in [-0.39, 0.29) is 6.10 Å². The molecule has 1 aliphatic rings. The van der Waals surface area contributed by atoms with Crippen molar-refractivity contribution in [3.63, 3.8) is 0 Å². The zero-order chi connectivity index (χ0) is 11.9. The maximum Gasteiger partial charge on any atom is 0.149 e. The third-order valence-corrected chi connectivity index (χ3v) is 2.63. The summed E-state index contributed by atoms with van der Waals surface area (Å²) in [6.45, 7) is 0. The second kappa shape index (κ2) is 6.06. The molecule has 2 heteroatoms. The number of rotatable bonds is 1. The second-order valence-electron chi connectivity index (χ2n) is 3.91. The van der Waals surface area contributed by atoms with Crippen molar-refractivity contribution >= 4 is 0 Å². The van der Waals surface area contributed by atoms with E-state index >= 15 is 0 Å². The van der Waals surface area contributed by atoms with E-state index < -0.39 is 6.10 Å². The summed E-state index contributed by atoms with van der Waals surface area (Å²) in [5, 5.41) is 10.1. The number of aliphatic hydroxyl groups excluding tert-OH is 1. The minimum absolute atomic E-state index is 0.316. The molecule has 17 heavy (non-hydrogen) atoms. The lowest BCUT2D eigenvalue weighted by molar-refractivity contribution is 0.00949. The minimum Gasteiger partial charge on any atom is -0.491 e. The molecule has 0 radical (unpaired) electrons. The van der Waals surface area contributed by atoms with Gasteiger partial charge in [-0.3, -0.25) is 0 Å². The molecule has 0 spiro atoms. The quantitative estimate of drug-likeness (QED) is 0.800. The van der Waals surface area contributed by atoms with Gasteiger partial charge in [0.15, 0.2) is 0 Å². The first kappa shape index (κ1) is 11.7. The van der Waals surface area contributed by atoms with Gasteiger partial charge in [-0.2, -0.15) is 0 Å². The van der Waals surface area contributed by atoms with Gasteiger partial charge in [0.1, 0.15) is 6.10 Å². The lowest BCUT2D eigenvalue weighted by atomic mass is 10.0. The van der Waals surface area contributed by atoms with E-state index in [1.54, 1.807) is 6.26 Å². The number of aliphatic hydroxyl groups is 1. The standard InChI is InChI=1S/C15H16O2/c16-14-11-7-2-1-3-8-12-17-15(14)13-9-5-4-6-10-13/h1-10,12,14-16H,11H2/b3-1-,7-2+,12-8+. The largest absolute Gasteiger partial charge is 0.491 e. The molecule has 1 aromatic carbocycles. The van der Waals surface area contributed by atoms with Gasteiger partial charge in [-0.05, 0) is 18.1 Å². The van der Waals surface area contributed by atoms with E-state index in [2.05, 4.69) is 0 Å². The van der Waals surface area contributed by atoms with Gasteiger partial charge in [-0.15, -0.1) is 0 Å². The minimum atomic E-state index is -0.537. The van der Waals surface area contributed by atoms with Crippen molar-refractivity contribution in [2.24, 2.45) is 0 Å². The summed E-state index contributed by atoms with van der Waals surface area (Å²) >= 11 is 0. The highest BCUT2D eigenvalue weighted by Gasteiger charge is 2.20. The Bertz CT molecular complexity index is 418. The highest BCUT2D eigenvalue weighted by molar-refractivity contribution is 5.20. The molecule has 1 heterocycles. The van der Waals surface area contributed by atoms with Crippen LogP contribution in [0.3, 0.4) is 0 Å². The van der Waals surface area contributed by atoms with Crippen LogP contribution in [0, 0.1) is 0 Å². The molecule has 2 nitrogen and oxygen atoms in total. The molecular formula is C15H16O2. The SMILES string of the molecule is OC1C/C=C/C=C\C=C\OC1c1ccccc1. The summed E-state index contributed by atoms with van der Waals surface area (Å²) in [5.74, 6) is 0. The van der Waals surface area contributed by atoms with Crippen molar-refractivity contribution in [3.8, 4) is 0 Å². The molecule has 0 aliphatic carbocycles. The fraction of sp³-hybridized carbons (Fsp3) is 0.200. The summed E-state index contributed by atoms with van der Waals surface area (Å²) in [7, 11) is 0. The van der Waals surface area contributed by atoms with Gasteiger partial charge in [0.2, 0.25) is 0 Å². The first-order valence-electron chi connectivity index (χ1n) is 5.75. The van der Waals surface area contributed by atoms with Crippen LogP contribution in [0.5, 0.6) is 0 Å². The Kier molecular flexibility index (Phi) is 4.17. The van der Waals surface area contributed by atoms with Crippen LogP contribution < -0.4 is 0 Å². The van der Waals surface area contributed by atoms with E-state index in [1.807, 2.05) is 60.7 Å². The summed E-state index contributed by atoms with van der Waals surface area (Å²) in [5.41, 5.74) is 0.989. The number of benzene rings is 1. The van der Waals surface area contributed by atoms with Crippen LogP contribution in [-0.2, 0) is 4.74 Å². The van der Waals surface area contributed by atoms with Crippen molar-refractivity contribution in [1.29, 1.82) is 0 Å².